The van der Waals surface area contributed by atoms with Gasteiger partial charge in [-0.05, 0) is 24.3 Å². The molecule has 134 valence electrons. The number of nitrogen functional groups attached to an aromatic ring is 1. The SMILES string of the molecule is Nc1ccc2c(=O)c(-c3ccc(OS(N)(=O)=O)cc3[N+](=O)[O-])coc2c1. The summed E-state index contributed by atoms with van der Waals surface area (Å²) < 4.78 is 31.7. The van der Waals surface area contributed by atoms with Crippen LogP contribution in [0.4, 0.5) is 11.4 Å². The molecule has 0 radical (unpaired) electrons. The Balaban J connectivity index is 2.22. The molecule has 26 heavy (non-hydrogen) atoms. The maximum Gasteiger partial charge on any atom is 0.380 e. The first-order chi connectivity index (χ1) is 12.2. The number of nitro benzene ring substituents is 1. The normalized spacial score (nSPS) is 11.4. The molecule has 0 atom stereocenters. The Kier molecular flexibility index (Phi) is 4.10. The van der Waals surface area contributed by atoms with Crippen LogP contribution >= 0.6 is 0 Å². The number of benzene rings is 2. The lowest BCUT2D eigenvalue weighted by Gasteiger charge is -2.07. The molecule has 1 aromatic heterocycles. The second-order valence-electron chi connectivity index (χ2n) is 5.25. The summed E-state index contributed by atoms with van der Waals surface area (Å²) in [7, 11) is -4.35. The molecule has 2 aromatic carbocycles. The van der Waals surface area contributed by atoms with Crippen LogP contribution in [0.5, 0.6) is 5.75 Å². The van der Waals surface area contributed by atoms with Crippen molar-refractivity contribution in [1.82, 2.24) is 0 Å². The lowest BCUT2D eigenvalue weighted by atomic mass is 10.0. The molecular weight excluding hydrogens is 366 g/mol. The van der Waals surface area contributed by atoms with Crippen molar-refractivity contribution in [2.45, 2.75) is 0 Å². The Morgan fingerprint density at radius 3 is 2.50 bits per heavy atom. The number of rotatable bonds is 4. The van der Waals surface area contributed by atoms with Crippen LogP contribution in [0.3, 0.4) is 0 Å². The van der Waals surface area contributed by atoms with Crippen molar-refractivity contribution in [2.75, 3.05) is 5.73 Å². The number of fused-ring (bicyclic) bond motifs is 1. The van der Waals surface area contributed by atoms with Gasteiger partial charge in [0.15, 0.2) is 5.75 Å². The van der Waals surface area contributed by atoms with Gasteiger partial charge in [-0.2, -0.15) is 13.6 Å². The highest BCUT2D eigenvalue weighted by molar-refractivity contribution is 7.84. The fourth-order valence-electron chi connectivity index (χ4n) is 2.41. The van der Waals surface area contributed by atoms with Crippen molar-refractivity contribution in [3.63, 3.8) is 0 Å². The van der Waals surface area contributed by atoms with E-state index in [1.54, 1.807) is 0 Å². The van der Waals surface area contributed by atoms with Crippen LogP contribution in [0.2, 0.25) is 0 Å². The fourth-order valence-corrected chi connectivity index (χ4v) is 2.78. The Morgan fingerprint density at radius 1 is 1.12 bits per heavy atom. The van der Waals surface area contributed by atoms with Crippen LogP contribution in [-0.2, 0) is 10.3 Å². The molecule has 0 unspecified atom stereocenters. The molecule has 0 saturated heterocycles. The third-order valence-corrected chi connectivity index (χ3v) is 3.89. The van der Waals surface area contributed by atoms with Crippen LogP contribution < -0.4 is 20.5 Å². The van der Waals surface area contributed by atoms with Gasteiger partial charge in [0.2, 0.25) is 5.43 Å². The van der Waals surface area contributed by atoms with Gasteiger partial charge in [-0.15, -0.1) is 0 Å². The van der Waals surface area contributed by atoms with Gasteiger partial charge in [0, 0.05) is 11.8 Å². The maximum atomic E-state index is 12.7. The quantitative estimate of drug-likeness (QED) is 0.392. The highest BCUT2D eigenvalue weighted by Crippen LogP contribution is 2.33. The van der Waals surface area contributed by atoms with Gasteiger partial charge in [-0.1, -0.05) is 0 Å². The largest absolute Gasteiger partial charge is 0.463 e. The Labute approximate surface area is 146 Å². The average Bonchev–Trinajstić information content (AvgIpc) is 2.54. The highest BCUT2D eigenvalue weighted by Gasteiger charge is 2.21. The van der Waals surface area contributed by atoms with Crippen molar-refractivity contribution in [2.24, 2.45) is 5.14 Å². The average molecular weight is 377 g/mol. The maximum absolute atomic E-state index is 12.7. The van der Waals surface area contributed by atoms with E-state index in [9.17, 15) is 23.3 Å². The monoisotopic (exact) mass is 377 g/mol. The van der Waals surface area contributed by atoms with Gasteiger partial charge in [0.1, 0.15) is 11.8 Å². The van der Waals surface area contributed by atoms with E-state index in [2.05, 4.69) is 4.18 Å². The molecule has 3 aromatic rings. The Bertz CT molecular complexity index is 1200. The van der Waals surface area contributed by atoms with Crippen LogP contribution in [0.15, 0.2) is 51.9 Å². The van der Waals surface area contributed by atoms with Gasteiger partial charge in [-0.3, -0.25) is 14.9 Å². The summed E-state index contributed by atoms with van der Waals surface area (Å²) in [6, 6.07) is 7.57. The van der Waals surface area contributed by atoms with E-state index in [-0.39, 0.29) is 27.8 Å². The Morgan fingerprint density at radius 2 is 1.85 bits per heavy atom. The zero-order chi connectivity index (χ0) is 19.1. The third-order valence-electron chi connectivity index (χ3n) is 3.47. The van der Waals surface area contributed by atoms with Crippen molar-refractivity contribution >= 4 is 32.6 Å². The van der Waals surface area contributed by atoms with E-state index >= 15 is 0 Å². The summed E-state index contributed by atoms with van der Waals surface area (Å²) in [5.74, 6) is -0.360. The summed E-state index contributed by atoms with van der Waals surface area (Å²) in [6.07, 6.45) is 1.08. The van der Waals surface area contributed by atoms with Gasteiger partial charge >= 0.3 is 10.3 Å². The van der Waals surface area contributed by atoms with Crippen molar-refractivity contribution < 1.29 is 21.9 Å². The van der Waals surface area contributed by atoms with Gasteiger partial charge in [0.25, 0.3) is 5.69 Å². The summed E-state index contributed by atoms with van der Waals surface area (Å²) in [5.41, 5.74) is 5.06. The molecule has 0 amide bonds. The van der Waals surface area contributed by atoms with Crippen molar-refractivity contribution in [1.29, 1.82) is 0 Å². The lowest BCUT2D eigenvalue weighted by molar-refractivity contribution is -0.384. The predicted molar refractivity (Wildman–Crippen MR) is 92.7 cm³/mol. The van der Waals surface area contributed by atoms with Crippen molar-refractivity contribution in [3.05, 3.63) is 63.0 Å². The molecule has 0 aliphatic heterocycles. The van der Waals surface area contributed by atoms with E-state index in [1.807, 2.05) is 0 Å². The number of hydrogen-bond donors (Lipinski definition) is 2. The number of nitro groups is 1. The minimum absolute atomic E-state index is 0.0655. The van der Waals surface area contributed by atoms with Crippen LogP contribution in [0, 0.1) is 10.1 Å². The zero-order valence-corrected chi connectivity index (χ0v) is 13.7. The summed E-state index contributed by atoms with van der Waals surface area (Å²) in [4.78, 5) is 23.2. The fraction of sp³-hybridized carbons (Fsp3) is 0. The van der Waals surface area contributed by atoms with E-state index < -0.39 is 26.3 Å². The second kappa shape index (κ2) is 6.13. The molecule has 0 spiro atoms. The topological polar surface area (TPSA) is 169 Å². The number of hydrogen-bond acceptors (Lipinski definition) is 8. The first-order valence-corrected chi connectivity index (χ1v) is 8.45. The van der Waals surface area contributed by atoms with E-state index in [0.717, 1.165) is 18.4 Å². The second-order valence-corrected chi connectivity index (χ2v) is 6.40. The first kappa shape index (κ1) is 17.4. The minimum Gasteiger partial charge on any atom is -0.463 e. The van der Waals surface area contributed by atoms with Crippen LogP contribution in [-0.4, -0.2) is 13.3 Å². The van der Waals surface area contributed by atoms with E-state index in [4.69, 9.17) is 15.3 Å². The number of nitrogens with zero attached hydrogens (tertiary/aromatic N) is 1. The molecular formula is C15H11N3O7S. The molecule has 0 saturated carbocycles. The number of nitrogens with two attached hydrogens (primary N) is 2. The number of anilines is 1. The molecule has 3 rings (SSSR count). The molecule has 0 bridgehead atoms. The van der Waals surface area contributed by atoms with Crippen molar-refractivity contribution in [3.8, 4) is 16.9 Å². The summed E-state index contributed by atoms with van der Waals surface area (Å²) >= 11 is 0. The van der Waals surface area contributed by atoms with Gasteiger partial charge in [0.05, 0.1) is 27.5 Å². The lowest BCUT2D eigenvalue weighted by Crippen LogP contribution is -2.19. The molecule has 1 heterocycles. The van der Waals surface area contributed by atoms with E-state index in [0.29, 0.717) is 5.69 Å². The molecule has 0 fully saturated rings. The predicted octanol–water partition coefficient (Wildman–Crippen LogP) is 1.53. The molecule has 4 N–H and O–H groups in total. The molecule has 10 nitrogen and oxygen atoms in total. The van der Waals surface area contributed by atoms with E-state index in [1.165, 1.54) is 24.3 Å². The molecule has 11 heteroatoms. The standard InChI is InChI=1S/C15H11N3O7S/c16-8-1-3-11-14(5-8)24-7-12(15(11)19)10-4-2-9(25-26(17,22)23)6-13(10)18(20)21/h1-7H,16H2,(H2,17,22,23). The zero-order valence-electron chi connectivity index (χ0n) is 12.9. The molecule has 0 aliphatic rings. The summed E-state index contributed by atoms with van der Waals surface area (Å²) in [6.45, 7) is 0. The van der Waals surface area contributed by atoms with Crippen LogP contribution in [0.1, 0.15) is 0 Å². The Hall–Kier alpha value is -3.44. The van der Waals surface area contributed by atoms with Gasteiger partial charge < -0.3 is 14.3 Å². The van der Waals surface area contributed by atoms with Crippen LogP contribution in [0.25, 0.3) is 22.1 Å². The smallest absolute Gasteiger partial charge is 0.380 e. The summed E-state index contributed by atoms with van der Waals surface area (Å²) in [5, 5.41) is 16.3. The first-order valence-electron chi connectivity index (χ1n) is 6.98. The molecule has 0 aliphatic carbocycles. The minimum atomic E-state index is -4.35. The van der Waals surface area contributed by atoms with Gasteiger partial charge in [-0.25, -0.2) is 0 Å². The highest BCUT2D eigenvalue weighted by atomic mass is 32.2. The third kappa shape index (κ3) is 3.34.